The Morgan fingerprint density at radius 3 is 2.22 bits per heavy atom. The Hall–Kier alpha value is -0.130. The van der Waals surface area contributed by atoms with E-state index in [1.165, 1.54) is 0 Å². The molecule has 0 saturated carbocycles. The van der Waals surface area contributed by atoms with E-state index in [4.69, 9.17) is 0 Å². The van der Waals surface area contributed by atoms with Gasteiger partial charge in [-0.2, -0.15) is 0 Å². The van der Waals surface area contributed by atoms with E-state index in [9.17, 15) is 13.6 Å². The number of quaternary nitrogens is 1. The smallest absolute Gasteiger partial charge is 0.200 e. The highest BCUT2D eigenvalue weighted by molar-refractivity contribution is 7.91. The lowest BCUT2D eigenvalue weighted by Gasteiger charge is -2.38. The molecule has 0 radical (unpaired) electrons. The lowest BCUT2D eigenvalue weighted by atomic mass is 10.3. The minimum Gasteiger partial charge on any atom is -0.633 e. The first-order valence-electron chi connectivity index (χ1n) is 2.73. The molecule has 1 fully saturated rings. The van der Waals surface area contributed by atoms with Crippen molar-refractivity contribution >= 4 is 9.84 Å². The molecule has 0 aromatic rings. The van der Waals surface area contributed by atoms with Gasteiger partial charge in [-0.1, -0.05) is 0 Å². The SMILES string of the molecule is CS(=O)(=O)C1CC[NH+]1[O-]. The molecule has 2 unspecified atom stereocenters. The van der Waals surface area contributed by atoms with Gasteiger partial charge in [0.2, 0.25) is 9.84 Å². The van der Waals surface area contributed by atoms with Crippen LogP contribution in [0.25, 0.3) is 0 Å². The summed E-state index contributed by atoms with van der Waals surface area (Å²) in [5.74, 6) is 0. The predicted octanol–water partition coefficient (Wildman–Crippen LogP) is -1.86. The largest absolute Gasteiger partial charge is 0.633 e. The van der Waals surface area contributed by atoms with E-state index in [1.807, 2.05) is 0 Å². The summed E-state index contributed by atoms with van der Waals surface area (Å²) in [6, 6.07) is 0. The van der Waals surface area contributed by atoms with Crippen LogP contribution in [0.1, 0.15) is 6.42 Å². The zero-order chi connectivity index (χ0) is 7.07. The maximum atomic E-state index is 10.6. The van der Waals surface area contributed by atoms with Crippen molar-refractivity contribution in [2.75, 3.05) is 12.8 Å². The molecule has 0 aromatic heterocycles. The summed E-state index contributed by atoms with van der Waals surface area (Å²) in [4.78, 5) is 0. The monoisotopic (exact) mass is 151 g/mol. The van der Waals surface area contributed by atoms with Gasteiger partial charge in [-0.05, 0) is 0 Å². The number of hydrogen-bond donors (Lipinski definition) is 1. The fourth-order valence-corrected chi connectivity index (χ4v) is 1.97. The van der Waals surface area contributed by atoms with Crippen LogP contribution in [0.5, 0.6) is 0 Å². The highest BCUT2D eigenvalue weighted by atomic mass is 32.2. The average molecular weight is 151 g/mol. The first-order chi connectivity index (χ1) is 4.02. The summed E-state index contributed by atoms with van der Waals surface area (Å²) >= 11 is 0. The quantitative estimate of drug-likeness (QED) is 0.447. The van der Waals surface area contributed by atoms with Crippen LogP contribution in [0.2, 0.25) is 0 Å². The number of hydrogen-bond acceptors (Lipinski definition) is 3. The molecule has 1 saturated heterocycles. The zero-order valence-electron chi connectivity index (χ0n) is 5.12. The fraction of sp³-hybridized carbons (Fsp3) is 1.00. The third kappa shape index (κ3) is 1.23. The van der Waals surface area contributed by atoms with Gasteiger partial charge in [0, 0.05) is 6.26 Å². The van der Waals surface area contributed by atoms with Crippen molar-refractivity contribution in [3.8, 4) is 0 Å². The van der Waals surface area contributed by atoms with E-state index in [0.717, 1.165) is 6.26 Å². The van der Waals surface area contributed by atoms with Gasteiger partial charge in [0.25, 0.3) is 0 Å². The molecular formula is C4H9NO3S. The zero-order valence-corrected chi connectivity index (χ0v) is 5.94. The molecule has 5 heteroatoms. The summed E-state index contributed by atoms with van der Waals surface area (Å²) < 4.78 is 21.2. The van der Waals surface area contributed by atoms with Crippen LogP contribution in [0.15, 0.2) is 0 Å². The minimum atomic E-state index is -3.06. The Labute approximate surface area is 54.0 Å². The highest BCUT2D eigenvalue weighted by Gasteiger charge is 2.35. The number of rotatable bonds is 1. The van der Waals surface area contributed by atoms with Crippen molar-refractivity contribution in [2.24, 2.45) is 0 Å². The highest BCUT2D eigenvalue weighted by Crippen LogP contribution is 2.01. The van der Waals surface area contributed by atoms with Gasteiger partial charge in [0.15, 0.2) is 5.37 Å². The maximum Gasteiger partial charge on any atom is 0.200 e. The molecule has 1 rings (SSSR count). The van der Waals surface area contributed by atoms with Crippen LogP contribution >= 0.6 is 0 Å². The minimum absolute atomic E-state index is 0.127. The van der Waals surface area contributed by atoms with Gasteiger partial charge in [-0.15, -0.1) is 0 Å². The molecule has 54 valence electrons. The van der Waals surface area contributed by atoms with E-state index in [0.29, 0.717) is 13.0 Å². The van der Waals surface area contributed by atoms with Crippen molar-refractivity contribution in [3.05, 3.63) is 5.21 Å². The van der Waals surface area contributed by atoms with E-state index in [2.05, 4.69) is 0 Å². The Bertz CT molecular complexity index is 198. The first-order valence-corrected chi connectivity index (χ1v) is 4.69. The van der Waals surface area contributed by atoms with Gasteiger partial charge in [-0.3, -0.25) is 0 Å². The summed E-state index contributed by atoms with van der Waals surface area (Å²) in [6.45, 7) is 0.442. The van der Waals surface area contributed by atoms with Crippen LogP contribution in [-0.2, 0) is 9.84 Å². The van der Waals surface area contributed by atoms with Gasteiger partial charge < -0.3 is 10.3 Å². The normalized spacial score (nSPS) is 35.8. The van der Waals surface area contributed by atoms with Crippen LogP contribution in [0, 0.1) is 5.21 Å². The lowest BCUT2D eigenvalue weighted by molar-refractivity contribution is -0.903. The lowest BCUT2D eigenvalue weighted by Crippen LogP contribution is -3.18. The van der Waals surface area contributed by atoms with Crippen molar-refractivity contribution in [1.82, 2.24) is 0 Å². The maximum absolute atomic E-state index is 10.6. The van der Waals surface area contributed by atoms with Crippen LogP contribution in [0.4, 0.5) is 0 Å². The fourth-order valence-electron chi connectivity index (χ4n) is 0.833. The summed E-state index contributed by atoms with van der Waals surface area (Å²) in [5, 5.41) is 9.70. The predicted molar refractivity (Wildman–Crippen MR) is 32.4 cm³/mol. The number of sulfone groups is 1. The van der Waals surface area contributed by atoms with Gasteiger partial charge in [-0.25, -0.2) is 8.42 Å². The summed E-state index contributed by atoms with van der Waals surface area (Å²) in [7, 11) is -3.06. The number of hydroxylamine groups is 2. The molecule has 0 bridgehead atoms. The third-order valence-corrected chi connectivity index (χ3v) is 3.06. The molecule has 1 N–H and O–H groups in total. The summed E-state index contributed by atoms with van der Waals surface area (Å²) in [6.07, 6.45) is 1.63. The molecule has 1 aliphatic heterocycles. The molecule has 9 heavy (non-hydrogen) atoms. The number of nitrogens with one attached hydrogen (secondary N) is 1. The first kappa shape index (κ1) is 6.98. The second kappa shape index (κ2) is 1.93. The van der Waals surface area contributed by atoms with E-state index >= 15 is 0 Å². The molecule has 4 nitrogen and oxygen atoms in total. The molecule has 0 aromatic carbocycles. The Kier molecular flexibility index (Phi) is 1.50. The van der Waals surface area contributed by atoms with E-state index < -0.39 is 15.2 Å². The molecular weight excluding hydrogens is 142 g/mol. The molecule has 0 spiro atoms. The summed E-state index contributed by atoms with van der Waals surface area (Å²) in [5.41, 5.74) is 0. The van der Waals surface area contributed by atoms with Crippen LogP contribution < -0.4 is 5.06 Å². The molecule has 0 amide bonds. The van der Waals surface area contributed by atoms with E-state index in [-0.39, 0.29) is 5.06 Å². The van der Waals surface area contributed by atoms with Crippen LogP contribution in [0.3, 0.4) is 0 Å². The third-order valence-electron chi connectivity index (χ3n) is 1.53. The van der Waals surface area contributed by atoms with Gasteiger partial charge in [0.1, 0.15) is 0 Å². The molecule has 2 atom stereocenters. The van der Waals surface area contributed by atoms with Gasteiger partial charge in [0.05, 0.1) is 13.0 Å². The second-order valence-corrected chi connectivity index (χ2v) is 4.55. The Morgan fingerprint density at radius 2 is 2.22 bits per heavy atom. The second-order valence-electron chi connectivity index (χ2n) is 2.32. The van der Waals surface area contributed by atoms with Crippen molar-refractivity contribution < 1.29 is 13.5 Å². The van der Waals surface area contributed by atoms with E-state index in [1.54, 1.807) is 0 Å². The Balaban J connectivity index is 2.66. The Morgan fingerprint density at radius 1 is 1.67 bits per heavy atom. The van der Waals surface area contributed by atoms with Crippen molar-refractivity contribution in [2.45, 2.75) is 11.8 Å². The van der Waals surface area contributed by atoms with Crippen molar-refractivity contribution in [3.63, 3.8) is 0 Å². The van der Waals surface area contributed by atoms with Gasteiger partial charge >= 0.3 is 0 Å². The molecule has 0 aliphatic carbocycles. The standard InChI is InChI=1S/C4H9NO3S/c1-9(7,8)4-2-3-5(4)6/h4-5H,2-3H2,1H3. The average Bonchev–Trinajstić information content (AvgIpc) is 1.57. The van der Waals surface area contributed by atoms with Crippen LogP contribution in [-0.4, -0.2) is 26.6 Å². The molecule has 1 heterocycles. The van der Waals surface area contributed by atoms with Crippen molar-refractivity contribution in [1.29, 1.82) is 0 Å². The topological polar surface area (TPSA) is 61.6 Å². The molecule has 1 aliphatic rings.